The van der Waals surface area contributed by atoms with Gasteiger partial charge in [-0.1, -0.05) is 0 Å². The van der Waals surface area contributed by atoms with E-state index in [-0.39, 0.29) is 6.80 Å². The van der Waals surface area contributed by atoms with Gasteiger partial charge in [-0.15, -0.1) is 0 Å². The topological polar surface area (TPSA) is 12.5 Å². The van der Waals surface area contributed by atoms with Gasteiger partial charge in [0.15, 0.2) is 0 Å². The predicted octanol–water partition coefficient (Wildman–Crippen LogP) is 1.66. The minimum atomic E-state index is -0.281. The first-order valence-electron chi connectivity index (χ1n) is 4.64. The molecule has 0 aliphatic carbocycles. The van der Waals surface area contributed by atoms with Crippen molar-refractivity contribution in [1.29, 1.82) is 0 Å². The van der Waals surface area contributed by atoms with Crippen molar-refractivity contribution in [2.75, 3.05) is 33.6 Å². The Morgan fingerprint density at radius 3 is 2.58 bits per heavy atom. The minimum absolute atomic E-state index is 0.281. The summed E-state index contributed by atoms with van der Waals surface area (Å²) >= 11 is 0. The molecule has 1 rings (SSSR count). The van der Waals surface area contributed by atoms with Crippen LogP contribution in [-0.4, -0.2) is 38.5 Å². The molecule has 0 aromatic rings. The van der Waals surface area contributed by atoms with Crippen molar-refractivity contribution in [3.63, 3.8) is 0 Å². The first-order chi connectivity index (χ1) is 5.86. The monoisotopic (exact) mass is 175 g/mol. The average molecular weight is 175 g/mol. The second kappa shape index (κ2) is 5.49. The Kier molecular flexibility index (Phi) is 4.54. The summed E-state index contributed by atoms with van der Waals surface area (Å²) < 4.78 is 17.2. The van der Waals surface area contributed by atoms with Crippen molar-refractivity contribution in [1.82, 2.24) is 4.90 Å². The third kappa shape index (κ3) is 3.07. The summed E-state index contributed by atoms with van der Waals surface area (Å²) in [5, 5.41) is 0. The first kappa shape index (κ1) is 9.93. The van der Waals surface area contributed by atoms with E-state index in [0.29, 0.717) is 0 Å². The van der Waals surface area contributed by atoms with E-state index >= 15 is 0 Å². The maximum Gasteiger partial charge on any atom is 0.143 e. The first-order valence-corrected chi connectivity index (χ1v) is 4.64. The molecule has 72 valence electrons. The average Bonchev–Trinajstić information content (AvgIpc) is 2.15. The summed E-state index contributed by atoms with van der Waals surface area (Å²) in [5.74, 6) is 0.757. The third-order valence-electron chi connectivity index (χ3n) is 2.61. The van der Waals surface area contributed by atoms with Crippen molar-refractivity contribution in [3.8, 4) is 0 Å². The summed E-state index contributed by atoms with van der Waals surface area (Å²) in [6.45, 7) is 2.41. The van der Waals surface area contributed by atoms with E-state index < -0.39 is 0 Å². The summed E-state index contributed by atoms with van der Waals surface area (Å²) in [6.07, 6.45) is 3.40. The molecule has 1 aliphatic heterocycles. The highest BCUT2D eigenvalue weighted by Gasteiger charge is 2.17. The van der Waals surface area contributed by atoms with E-state index in [9.17, 15) is 4.39 Å². The fourth-order valence-corrected chi connectivity index (χ4v) is 1.68. The number of halogens is 1. The molecule has 0 saturated carbocycles. The number of hydrogen-bond donors (Lipinski definition) is 0. The van der Waals surface area contributed by atoms with Crippen LogP contribution in [0.15, 0.2) is 0 Å². The molecule has 1 fully saturated rings. The molecule has 0 atom stereocenters. The molecule has 0 spiro atoms. The standard InChI is InChI=1S/C9H18FNO/c1-12-7-4-9-2-5-11(8-10)6-3-9/h9H,2-8H2,1H3. The van der Waals surface area contributed by atoms with Crippen LogP contribution in [0.4, 0.5) is 4.39 Å². The SMILES string of the molecule is COCCC1CCN(CF)CC1. The van der Waals surface area contributed by atoms with Gasteiger partial charge in [0.2, 0.25) is 0 Å². The van der Waals surface area contributed by atoms with Crippen LogP contribution in [0.3, 0.4) is 0 Å². The van der Waals surface area contributed by atoms with Gasteiger partial charge in [0.05, 0.1) is 0 Å². The third-order valence-corrected chi connectivity index (χ3v) is 2.61. The van der Waals surface area contributed by atoms with E-state index in [2.05, 4.69) is 0 Å². The Hall–Kier alpha value is -0.150. The van der Waals surface area contributed by atoms with E-state index in [1.165, 1.54) is 0 Å². The molecule has 2 nitrogen and oxygen atoms in total. The van der Waals surface area contributed by atoms with Gasteiger partial charge >= 0.3 is 0 Å². The largest absolute Gasteiger partial charge is 0.385 e. The molecule has 1 heterocycles. The molecule has 1 aliphatic rings. The number of piperidine rings is 1. The Morgan fingerprint density at radius 1 is 1.42 bits per heavy atom. The quantitative estimate of drug-likeness (QED) is 0.602. The molecular weight excluding hydrogens is 157 g/mol. The van der Waals surface area contributed by atoms with Crippen molar-refractivity contribution in [2.45, 2.75) is 19.3 Å². The predicted molar refractivity (Wildman–Crippen MR) is 46.8 cm³/mol. The van der Waals surface area contributed by atoms with Crippen LogP contribution in [0, 0.1) is 5.92 Å². The highest BCUT2D eigenvalue weighted by molar-refractivity contribution is 4.70. The highest BCUT2D eigenvalue weighted by Crippen LogP contribution is 2.19. The lowest BCUT2D eigenvalue weighted by molar-refractivity contribution is 0.107. The van der Waals surface area contributed by atoms with E-state index in [1.807, 2.05) is 4.90 Å². The van der Waals surface area contributed by atoms with E-state index in [0.717, 1.165) is 44.9 Å². The Balaban J connectivity index is 2.09. The smallest absolute Gasteiger partial charge is 0.143 e. The Morgan fingerprint density at radius 2 is 2.08 bits per heavy atom. The van der Waals surface area contributed by atoms with Crippen LogP contribution in [0.5, 0.6) is 0 Å². The Bertz CT molecular complexity index is 113. The molecule has 0 aromatic heterocycles. The number of alkyl halides is 1. The van der Waals surface area contributed by atoms with Gasteiger partial charge in [-0.05, 0) is 25.2 Å². The molecule has 0 unspecified atom stereocenters. The van der Waals surface area contributed by atoms with Gasteiger partial charge in [-0.2, -0.15) is 0 Å². The number of hydrogen-bond acceptors (Lipinski definition) is 2. The molecule has 0 aromatic carbocycles. The Labute approximate surface area is 73.7 Å². The van der Waals surface area contributed by atoms with Crippen LogP contribution in [-0.2, 0) is 4.74 Å². The van der Waals surface area contributed by atoms with Crippen LogP contribution in [0.2, 0.25) is 0 Å². The molecule has 12 heavy (non-hydrogen) atoms. The van der Waals surface area contributed by atoms with Crippen molar-refractivity contribution in [3.05, 3.63) is 0 Å². The summed E-state index contributed by atoms with van der Waals surface area (Å²) in [7, 11) is 1.73. The zero-order valence-corrected chi connectivity index (χ0v) is 7.76. The molecule has 0 radical (unpaired) electrons. The van der Waals surface area contributed by atoms with Gasteiger partial charge < -0.3 is 4.74 Å². The van der Waals surface area contributed by atoms with Gasteiger partial charge in [0.25, 0.3) is 0 Å². The maximum atomic E-state index is 12.2. The number of likely N-dealkylation sites (tertiary alicyclic amines) is 1. The highest BCUT2D eigenvalue weighted by atomic mass is 19.1. The summed E-state index contributed by atoms with van der Waals surface area (Å²) in [6, 6.07) is 0. The van der Waals surface area contributed by atoms with Crippen molar-refractivity contribution in [2.24, 2.45) is 5.92 Å². The van der Waals surface area contributed by atoms with Crippen molar-refractivity contribution < 1.29 is 9.13 Å². The number of nitrogens with zero attached hydrogens (tertiary/aromatic N) is 1. The van der Waals surface area contributed by atoms with E-state index in [1.54, 1.807) is 7.11 Å². The molecular formula is C9H18FNO. The fraction of sp³-hybridized carbons (Fsp3) is 1.00. The molecule has 0 N–H and O–H groups in total. The summed E-state index contributed by atoms with van der Waals surface area (Å²) in [4.78, 5) is 1.86. The van der Waals surface area contributed by atoms with Gasteiger partial charge in [-0.25, -0.2) is 4.39 Å². The number of ether oxygens (including phenoxy) is 1. The van der Waals surface area contributed by atoms with Crippen LogP contribution in [0.1, 0.15) is 19.3 Å². The van der Waals surface area contributed by atoms with Gasteiger partial charge in [-0.3, -0.25) is 4.90 Å². The zero-order valence-electron chi connectivity index (χ0n) is 7.76. The lowest BCUT2D eigenvalue weighted by Crippen LogP contribution is -2.33. The lowest BCUT2D eigenvalue weighted by atomic mass is 9.94. The normalized spacial score (nSPS) is 21.5. The second-order valence-corrected chi connectivity index (χ2v) is 3.46. The van der Waals surface area contributed by atoms with Crippen LogP contribution < -0.4 is 0 Å². The van der Waals surface area contributed by atoms with Gasteiger partial charge in [0.1, 0.15) is 6.80 Å². The number of methoxy groups -OCH3 is 1. The number of rotatable bonds is 4. The molecule has 1 saturated heterocycles. The van der Waals surface area contributed by atoms with Crippen LogP contribution in [0.25, 0.3) is 0 Å². The van der Waals surface area contributed by atoms with Crippen molar-refractivity contribution >= 4 is 0 Å². The lowest BCUT2D eigenvalue weighted by Gasteiger charge is -2.29. The van der Waals surface area contributed by atoms with E-state index in [4.69, 9.17) is 4.74 Å². The molecule has 0 amide bonds. The minimum Gasteiger partial charge on any atom is -0.385 e. The fourth-order valence-electron chi connectivity index (χ4n) is 1.68. The summed E-state index contributed by atoms with van der Waals surface area (Å²) in [5.41, 5.74) is 0. The molecule has 3 heteroatoms. The van der Waals surface area contributed by atoms with Crippen LogP contribution >= 0.6 is 0 Å². The second-order valence-electron chi connectivity index (χ2n) is 3.46. The zero-order chi connectivity index (χ0) is 8.81. The maximum absolute atomic E-state index is 12.2. The molecule has 0 bridgehead atoms. The van der Waals surface area contributed by atoms with Gasteiger partial charge in [0, 0.05) is 26.8 Å².